The predicted octanol–water partition coefficient (Wildman–Crippen LogP) is 3.31. The Morgan fingerprint density at radius 2 is 1.92 bits per heavy atom. The van der Waals surface area contributed by atoms with Gasteiger partial charge in [0.15, 0.2) is 0 Å². The van der Waals surface area contributed by atoms with Crippen molar-refractivity contribution in [2.24, 2.45) is 0 Å². The number of benzene rings is 2. The van der Waals surface area contributed by atoms with E-state index in [1.54, 1.807) is 17.9 Å². The zero-order valence-electron chi connectivity index (χ0n) is 14.5. The molecule has 0 aliphatic carbocycles. The minimum absolute atomic E-state index is 0.00136. The summed E-state index contributed by atoms with van der Waals surface area (Å²) in [6, 6.07) is 7.88. The van der Waals surface area contributed by atoms with Crippen LogP contribution in [0.2, 0.25) is 0 Å². The minimum atomic E-state index is -0.826. The molecule has 3 rings (SSSR count). The van der Waals surface area contributed by atoms with Gasteiger partial charge in [-0.15, -0.1) is 0 Å². The van der Waals surface area contributed by atoms with E-state index in [-0.39, 0.29) is 11.6 Å². The van der Waals surface area contributed by atoms with Gasteiger partial charge in [-0.25, -0.2) is 8.78 Å². The van der Waals surface area contributed by atoms with Crippen LogP contribution in [0.5, 0.6) is 0 Å². The Morgan fingerprint density at radius 1 is 1.15 bits per heavy atom. The summed E-state index contributed by atoms with van der Waals surface area (Å²) in [5, 5.41) is 5.49. The van der Waals surface area contributed by atoms with Gasteiger partial charge >= 0.3 is 0 Å². The predicted molar refractivity (Wildman–Crippen MR) is 96.2 cm³/mol. The van der Waals surface area contributed by atoms with E-state index in [9.17, 15) is 18.4 Å². The van der Waals surface area contributed by atoms with Crippen molar-refractivity contribution in [1.29, 1.82) is 0 Å². The van der Waals surface area contributed by atoms with Crippen LogP contribution in [0.15, 0.2) is 36.4 Å². The standard InChI is InChI=1S/C19H19F2N3O2/c1-11(19(26)23-17-5-3-14(20)10-16(17)21)22-15-4-6-18-13(9-15)7-8-24(18)12(2)25/h3-6,9-11,22H,7-8H2,1-2H3,(H,23,26). The summed E-state index contributed by atoms with van der Waals surface area (Å²) in [5.41, 5.74) is 2.57. The molecule has 1 aliphatic rings. The van der Waals surface area contributed by atoms with Gasteiger partial charge in [-0.2, -0.15) is 0 Å². The van der Waals surface area contributed by atoms with Gasteiger partial charge < -0.3 is 15.5 Å². The lowest BCUT2D eigenvalue weighted by atomic mass is 10.1. The van der Waals surface area contributed by atoms with E-state index >= 15 is 0 Å². The summed E-state index contributed by atoms with van der Waals surface area (Å²) in [5.74, 6) is -1.98. The highest BCUT2D eigenvalue weighted by Crippen LogP contribution is 2.30. The van der Waals surface area contributed by atoms with E-state index in [4.69, 9.17) is 0 Å². The van der Waals surface area contributed by atoms with Crippen LogP contribution in [-0.4, -0.2) is 24.4 Å². The molecule has 136 valence electrons. The van der Waals surface area contributed by atoms with Crippen molar-refractivity contribution < 1.29 is 18.4 Å². The van der Waals surface area contributed by atoms with Gasteiger partial charge in [-0.05, 0) is 49.2 Å². The number of anilines is 3. The molecular weight excluding hydrogens is 340 g/mol. The maximum absolute atomic E-state index is 13.6. The first kappa shape index (κ1) is 17.8. The molecule has 0 aromatic heterocycles. The molecular formula is C19H19F2N3O2. The van der Waals surface area contributed by atoms with Crippen molar-refractivity contribution in [2.45, 2.75) is 26.3 Å². The largest absolute Gasteiger partial charge is 0.374 e. The number of carbonyl (C=O) groups is 2. The lowest BCUT2D eigenvalue weighted by Gasteiger charge is -2.18. The molecule has 5 nitrogen and oxygen atoms in total. The first-order valence-electron chi connectivity index (χ1n) is 8.28. The van der Waals surface area contributed by atoms with Gasteiger partial charge in [0, 0.05) is 30.9 Å². The quantitative estimate of drug-likeness (QED) is 0.880. The smallest absolute Gasteiger partial charge is 0.246 e. The summed E-state index contributed by atoms with van der Waals surface area (Å²) in [6.07, 6.45) is 0.756. The molecule has 1 aliphatic heterocycles. The third-order valence-corrected chi connectivity index (χ3v) is 4.32. The lowest BCUT2D eigenvalue weighted by Crippen LogP contribution is -2.32. The number of fused-ring (bicyclic) bond motifs is 1. The molecule has 2 amide bonds. The van der Waals surface area contributed by atoms with Gasteiger partial charge in [-0.1, -0.05) is 0 Å². The van der Waals surface area contributed by atoms with Crippen LogP contribution in [0, 0.1) is 11.6 Å². The average molecular weight is 359 g/mol. The van der Waals surface area contributed by atoms with Crippen LogP contribution >= 0.6 is 0 Å². The van der Waals surface area contributed by atoms with E-state index in [1.807, 2.05) is 12.1 Å². The molecule has 2 aromatic rings. The molecule has 0 bridgehead atoms. The number of nitrogens with one attached hydrogen (secondary N) is 2. The highest BCUT2D eigenvalue weighted by molar-refractivity contribution is 5.97. The zero-order valence-corrected chi connectivity index (χ0v) is 14.5. The van der Waals surface area contributed by atoms with Crippen LogP contribution in [0.25, 0.3) is 0 Å². The number of carbonyl (C=O) groups excluding carboxylic acids is 2. The van der Waals surface area contributed by atoms with Crippen molar-refractivity contribution in [1.82, 2.24) is 0 Å². The molecule has 0 radical (unpaired) electrons. The molecule has 0 saturated heterocycles. The Bertz CT molecular complexity index is 870. The second-order valence-corrected chi connectivity index (χ2v) is 6.24. The SMILES string of the molecule is CC(=O)N1CCc2cc(NC(C)C(=O)Nc3ccc(F)cc3F)ccc21. The average Bonchev–Trinajstić information content (AvgIpc) is 3.00. The molecule has 1 heterocycles. The molecule has 2 N–H and O–H groups in total. The van der Waals surface area contributed by atoms with Gasteiger partial charge in [0.1, 0.15) is 17.7 Å². The first-order valence-corrected chi connectivity index (χ1v) is 8.28. The monoisotopic (exact) mass is 359 g/mol. The highest BCUT2D eigenvalue weighted by Gasteiger charge is 2.23. The molecule has 1 unspecified atom stereocenters. The zero-order chi connectivity index (χ0) is 18.8. The summed E-state index contributed by atoms with van der Waals surface area (Å²) < 4.78 is 26.6. The first-order chi connectivity index (χ1) is 12.3. The second kappa shape index (κ2) is 7.11. The molecule has 26 heavy (non-hydrogen) atoms. The number of hydrogen-bond donors (Lipinski definition) is 2. The summed E-state index contributed by atoms with van der Waals surface area (Å²) >= 11 is 0. The van der Waals surface area contributed by atoms with Crippen molar-refractivity contribution in [3.05, 3.63) is 53.6 Å². The normalized spacial score (nSPS) is 13.9. The van der Waals surface area contributed by atoms with Crippen LogP contribution < -0.4 is 15.5 Å². The van der Waals surface area contributed by atoms with Crippen molar-refractivity contribution >= 4 is 28.9 Å². The topological polar surface area (TPSA) is 61.4 Å². The fourth-order valence-corrected chi connectivity index (χ4v) is 2.97. The Balaban J connectivity index is 1.67. The van der Waals surface area contributed by atoms with Crippen LogP contribution in [0.4, 0.5) is 25.8 Å². The lowest BCUT2D eigenvalue weighted by molar-refractivity contribution is -0.117. The van der Waals surface area contributed by atoms with E-state index in [2.05, 4.69) is 10.6 Å². The Hall–Kier alpha value is -2.96. The fraction of sp³-hybridized carbons (Fsp3) is 0.263. The van der Waals surface area contributed by atoms with Crippen molar-refractivity contribution in [3.63, 3.8) is 0 Å². The van der Waals surface area contributed by atoms with E-state index in [0.29, 0.717) is 6.54 Å². The molecule has 0 saturated carbocycles. The van der Waals surface area contributed by atoms with Crippen molar-refractivity contribution in [2.75, 3.05) is 22.1 Å². The van der Waals surface area contributed by atoms with Crippen LogP contribution in [0.3, 0.4) is 0 Å². The molecule has 2 aromatic carbocycles. The number of hydrogen-bond acceptors (Lipinski definition) is 3. The molecule has 0 spiro atoms. The van der Waals surface area contributed by atoms with Gasteiger partial charge in [0.2, 0.25) is 11.8 Å². The summed E-state index contributed by atoms with van der Waals surface area (Å²) in [4.78, 5) is 25.5. The minimum Gasteiger partial charge on any atom is -0.374 e. The van der Waals surface area contributed by atoms with E-state index < -0.39 is 23.6 Å². The van der Waals surface area contributed by atoms with Gasteiger partial charge in [-0.3, -0.25) is 9.59 Å². The number of nitrogens with zero attached hydrogens (tertiary/aromatic N) is 1. The molecule has 7 heteroatoms. The maximum Gasteiger partial charge on any atom is 0.246 e. The van der Waals surface area contributed by atoms with Gasteiger partial charge in [0.05, 0.1) is 5.69 Å². The summed E-state index contributed by atoms with van der Waals surface area (Å²) in [6.45, 7) is 3.82. The maximum atomic E-state index is 13.6. The van der Waals surface area contributed by atoms with Crippen LogP contribution in [0.1, 0.15) is 19.4 Å². The van der Waals surface area contributed by atoms with E-state index in [1.165, 1.54) is 13.0 Å². The fourth-order valence-electron chi connectivity index (χ4n) is 2.97. The second-order valence-electron chi connectivity index (χ2n) is 6.24. The third kappa shape index (κ3) is 3.66. The summed E-state index contributed by atoms with van der Waals surface area (Å²) in [7, 11) is 0. The number of rotatable bonds is 4. The Morgan fingerprint density at radius 3 is 2.62 bits per heavy atom. The Labute approximate surface area is 150 Å². The molecule has 0 fully saturated rings. The third-order valence-electron chi connectivity index (χ3n) is 4.32. The highest BCUT2D eigenvalue weighted by atomic mass is 19.1. The van der Waals surface area contributed by atoms with Crippen LogP contribution in [-0.2, 0) is 16.0 Å². The van der Waals surface area contributed by atoms with E-state index in [0.717, 1.165) is 35.5 Å². The van der Waals surface area contributed by atoms with Gasteiger partial charge in [0.25, 0.3) is 0 Å². The Kier molecular flexibility index (Phi) is 4.88. The van der Waals surface area contributed by atoms with Crippen molar-refractivity contribution in [3.8, 4) is 0 Å². The number of halogens is 2. The number of amides is 2. The molecule has 1 atom stereocenters.